The Bertz CT molecular complexity index is 186. The molecule has 0 bridgehead atoms. The highest BCUT2D eigenvalue weighted by Crippen LogP contribution is 2.25. The minimum Gasteiger partial charge on any atom is -0.393 e. The first-order valence-corrected chi connectivity index (χ1v) is 5.92. The third-order valence-electron chi connectivity index (χ3n) is 3.76. The van der Waals surface area contributed by atoms with Crippen molar-refractivity contribution < 1.29 is 5.11 Å². The highest BCUT2D eigenvalue weighted by Gasteiger charge is 2.27. The van der Waals surface area contributed by atoms with Crippen LogP contribution in [0, 0.1) is 5.92 Å². The molecule has 0 aromatic carbocycles. The zero-order valence-corrected chi connectivity index (χ0v) is 8.78. The molecule has 2 aliphatic rings. The van der Waals surface area contributed by atoms with E-state index in [2.05, 4.69) is 5.32 Å². The molecule has 2 aliphatic carbocycles. The van der Waals surface area contributed by atoms with Crippen LogP contribution in [0.4, 0.5) is 0 Å². The minimum absolute atomic E-state index is 0.0578. The summed E-state index contributed by atoms with van der Waals surface area (Å²) < 4.78 is 0. The predicted octanol–water partition coefficient (Wildman–Crippen LogP) is 0.617. The molecule has 0 aromatic rings. The molecule has 0 aliphatic heterocycles. The molecular weight excluding hydrogens is 176 g/mol. The van der Waals surface area contributed by atoms with E-state index in [0.717, 1.165) is 25.8 Å². The predicted molar refractivity (Wildman–Crippen MR) is 57.0 cm³/mol. The fourth-order valence-corrected chi connectivity index (χ4v) is 2.78. The summed E-state index contributed by atoms with van der Waals surface area (Å²) >= 11 is 0. The van der Waals surface area contributed by atoms with Crippen molar-refractivity contribution in [1.29, 1.82) is 0 Å². The van der Waals surface area contributed by atoms with Gasteiger partial charge >= 0.3 is 0 Å². The number of aliphatic hydroxyl groups is 1. The quantitative estimate of drug-likeness (QED) is 0.623. The third kappa shape index (κ3) is 2.47. The average Bonchev–Trinajstić information content (AvgIpc) is 2.72. The van der Waals surface area contributed by atoms with Crippen LogP contribution in [0.3, 0.4) is 0 Å². The highest BCUT2D eigenvalue weighted by atomic mass is 16.3. The smallest absolute Gasteiger partial charge is 0.0580 e. The van der Waals surface area contributed by atoms with E-state index >= 15 is 0 Å². The van der Waals surface area contributed by atoms with E-state index in [1.807, 2.05) is 0 Å². The van der Waals surface area contributed by atoms with E-state index in [0.29, 0.717) is 18.0 Å². The number of hydrogen-bond donors (Lipinski definition) is 3. The second-order valence-electron chi connectivity index (χ2n) is 4.94. The van der Waals surface area contributed by atoms with Gasteiger partial charge in [-0.1, -0.05) is 6.42 Å². The molecule has 0 saturated heterocycles. The van der Waals surface area contributed by atoms with Crippen molar-refractivity contribution in [3.8, 4) is 0 Å². The summed E-state index contributed by atoms with van der Waals surface area (Å²) in [5.41, 5.74) is 5.85. The summed E-state index contributed by atoms with van der Waals surface area (Å²) in [4.78, 5) is 0. The molecule has 3 heteroatoms. The van der Waals surface area contributed by atoms with Gasteiger partial charge in [-0.05, 0) is 38.0 Å². The van der Waals surface area contributed by atoms with Crippen LogP contribution in [0.5, 0.6) is 0 Å². The second-order valence-corrected chi connectivity index (χ2v) is 4.94. The molecule has 0 spiro atoms. The molecule has 4 N–H and O–H groups in total. The molecule has 2 rings (SSSR count). The lowest BCUT2D eigenvalue weighted by Gasteiger charge is -2.18. The summed E-state index contributed by atoms with van der Waals surface area (Å²) in [6.07, 6.45) is 6.80. The topological polar surface area (TPSA) is 58.3 Å². The molecule has 3 nitrogen and oxygen atoms in total. The Balaban J connectivity index is 1.67. The number of nitrogens with one attached hydrogen (secondary N) is 1. The van der Waals surface area contributed by atoms with E-state index in [9.17, 15) is 5.11 Å². The first kappa shape index (κ1) is 10.4. The fourth-order valence-electron chi connectivity index (χ4n) is 2.78. The van der Waals surface area contributed by atoms with E-state index in [-0.39, 0.29) is 6.10 Å². The van der Waals surface area contributed by atoms with Crippen molar-refractivity contribution in [3.63, 3.8) is 0 Å². The van der Waals surface area contributed by atoms with Crippen LogP contribution in [0.15, 0.2) is 0 Å². The Labute approximate surface area is 86.1 Å². The van der Waals surface area contributed by atoms with Gasteiger partial charge in [-0.25, -0.2) is 0 Å². The van der Waals surface area contributed by atoms with Crippen LogP contribution >= 0.6 is 0 Å². The van der Waals surface area contributed by atoms with E-state index < -0.39 is 0 Å². The van der Waals surface area contributed by atoms with Gasteiger partial charge in [0.1, 0.15) is 0 Å². The van der Waals surface area contributed by atoms with Crippen LogP contribution in [0.25, 0.3) is 0 Å². The monoisotopic (exact) mass is 198 g/mol. The Morgan fingerprint density at radius 3 is 2.64 bits per heavy atom. The summed E-state index contributed by atoms with van der Waals surface area (Å²) in [5.74, 6) is 0.492. The Kier molecular flexibility index (Phi) is 3.42. The zero-order valence-electron chi connectivity index (χ0n) is 8.78. The van der Waals surface area contributed by atoms with Gasteiger partial charge < -0.3 is 16.2 Å². The van der Waals surface area contributed by atoms with Crippen LogP contribution in [0.2, 0.25) is 0 Å². The highest BCUT2D eigenvalue weighted by molar-refractivity contribution is 4.85. The molecule has 0 heterocycles. The molecule has 82 valence electrons. The molecule has 0 amide bonds. The van der Waals surface area contributed by atoms with Gasteiger partial charge in [0.2, 0.25) is 0 Å². The summed E-state index contributed by atoms with van der Waals surface area (Å²) in [7, 11) is 0. The van der Waals surface area contributed by atoms with Gasteiger partial charge in [0.25, 0.3) is 0 Å². The van der Waals surface area contributed by atoms with Gasteiger partial charge in [-0.3, -0.25) is 0 Å². The second kappa shape index (κ2) is 4.60. The summed E-state index contributed by atoms with van der Waals surface area (Å²) in [5, 5.41) is 13.2. The van der Waals surface area contributed by atoms with E-state index in [1.54, 1.807) is 0 Å². The molecule has 0 aromatic heterocycles. The van der Waals surface area contributed by atoms with Crippen molar-refractivity contribution >= 4 is 0 Å². The van der Waals surface area contributed by atoms with Crippen LogP contribution in [-0.4, -0.2) is 29.8 Å². The standard InChI is InChI=1S/C11H22N2O/c12-9-4-5-10(6-9)13-7-8-2-1-3-11(8)14/h8-11,13-14H,1-7,12H2. The Morgan fingerprint density at radius 1 is 1.21 bits per heavy atom. The Morgan fingerprint density at radius 2 is 2.07 bits per heavy atom. The maximum absolute atomic E-state index is 9.65. The number of nitrogens with two attached hydrogens (primary N) is 1. The first-order valence-electron chi connectivity index (χ1n) is 5.92. The molecule has 0 radical (unpaired) electrons. The molecule has 14 heavy (non-hydrogen) atoms. The van der Waals surface area contributed by atoms with Crippen molar-refractivity contribution in [2.45, 2.75) is 56.7 Å². The van der Waals surface area contributed by atoms with Crippen molar-refractivity contribution in [1.82, 2.24) is 5.32 Å². The molecular formula is C11H22N2O. The van der Waals surface area contributed by atoms with Gasteiger partial charge in [0.05, 0.1) is 6.10 Å². The number of hydrogen-bond acceptors (Lipinski definition) is 3. The maximum Gasteiger partial charge on any atom is 0.0580 e. The normalized spacial score (nSPS) is 43.3. The largest absolute Gasteiger partial charge is 0.393 e. The Hall–Kier alpha value is -0.120. The lowest BCUT2D eigenvalue weighted by atomic mass is 10.1. The minimum atomic E-state index is -0.0578. The van der Waals surface area contributed by atoms with Crippen LogP contribution < -0.4 is 11.1 Å². The number of rotatable bonds is 3. The lowest BCUT2D eigenvalue weighted by molar-refractivity contribution is 0.130. The zero-order chi connectivity index (χ0) is 9.97. The van der Waals surface area contributed by atoms with Crippen molar-refractivity contribution in [2.75, 3.05) is 6.54 Å². The fraction of sp³-hybridized carbons (Fsp3) is 1.00. The van der Waals surface area contributed by atoms with Crippen molar-refractivity contribution in [3.05, 3.63) is 0 Å². The first-order chi connectivity index (χ1) is 6.75. The summed E-state index contributed by atoms with van der Waals surface area (Å²) in [6.45, 7) is 0.985. The van der Waals surface area contributed by atoms with Crippen LogP contribution in [0.1, 0.15) is 38.5 Å². The van der Waals surface area contributed by atoms with Gasteiger partial charge in [-0.15, -0.1) is 0 Å². The van der Waals surface area contributed by atoms with E-state index in [1.165, 1.54) is 19.3 Å². The van der Waals surface area contributed by atoms with Gasteiger partial charge in [0.15, 0.2) is 0 Å². The number of aliphatic hydroxyl groups excluding tert-OH is 1. The lowest BCUT2D eigenvalue weighted by Crippen LogP contribution is -2.35. The maximum atomic E-state index is 9.65. The van der Waals surface area contributed by atoms with Gasteiger partial charge in [-0.2, -0.15) is 0 Å². The third-order valence-corrected chi connectivity index (χ3v) is 3.76. The molecule has 4 atom stereocenters. The summed E-state index contributed by atoms with van der Waals surface area (Å²) in [6, 6.07) is 1.01. The van der Waals surface area contributed by atoms with E-state index in [4.69, 9.17) is 5.73 Å². The SMILES string of the molecule is NC1CCC(NCC2CCCC2O)C1. The molecule has 4 unspecified atom stereocenters. The van der Waals surface area contributed by atoms with Gasteiger partial charge in [0, 0.05) is 18.6 Å². The molecule has 2 saturated carbocycles. The average molecular weight is 198 g/mol. The van der Waals surface area contributed by atoms with Crippen LogP contribution in [-0.2, 0) is 0 Å². The molecule has 2 fully saturated rings. The van der Waals surface area contributed by atoms with Crippen molar-refractivity contribution in [2.24, 2.45) is 11.7 Å².